The number of ether oxygens (including phenoxy) is 3. The van der Waals surface area contributed by atoms with Gasteiger partial charge in [-0.15, -0.1) is 11.6 Å². The number of benzene rings is 2. The van der Waals surface area contributed by atoms with Gasteiger partial charge in [-0.25, -0.2) is 0 Å². The zero-order valence-corrected chi connectivity index (χ0v) is 14.0. The first-order chi connectivity index (χ1) is 10.2. The van der Waals surface area contributed by atoms with Crippen LogP contribution in [0.5, 0.6) is 17.2 Å². The number of methoxy groups -OCH3 is 1. The van der Waals surface area contributed by atoms with Crippen molar-refractivity contribution in [3.05, 3.63) is 52.5 Å². The van der Waals surface area contributed by atoms with E-state index >= 15 is 0 Å². The molecule has 0 unspecified atom stereocenters. The lowest BCUT2D eigenvalue weighted by molar-refractivity contribution is 0.216. The van der Waals surface area contributed by atoms with Gasteiger partial charge < -0.3 is 14.2 Å². The average Bonchev–Trinajstić information content (AvgIpc) is 2.51. The van der Waals surface area contributed by atoms with Gasteiger partial charge in [0.25, 0.3) is 0 Å². The Morgan fingerprint density at radius 3 is 2.52 bits per heavy atom. The van der Waals surface area contributed by atoms with Gasteiger partial charge in [-0.05, 0) is 36.4 Å². The second-order valence-corrected chi connectivity index (χ2v) is 5.44. The fraction of sp³-hybridized carbons (Fsp3) is 0.250. The van der Waals surface area contributed by atoms with Crippen LogP contribution in [0, 0.1) is 0 Å². The van der Waals surface area contributed by atoms with Crippen LogP contribution in [0.15, 0.2) is 46.9 Å². The molecule has 0 bridgehead atoms. The van der Waals surface area contributed by atoms with Crippen molar-refractivity contribution in [2.45, 2.75) is 5.88 Å². The van der Waals surface area contributed by atoms with Crippen molar-refractivity contribution in [3.8, 4) is 17.2 Å². The Morgan fingerprint density at radius 1 is 1.00 bits per heavy atom. The molecule has 2 rings (SSSR count). The minimum absolute atomic E-state index is 0.374. The quantitative estimate of drug-likeness (QED) is 0.523. The maximum atomic E-state index is 5.92. The van der Waals surface area contributed by atoms with Crippen LogP contribution in [0.2, 0.25) is 0 Å². The van der Waals surface area contributed by atoms with Crippen LogP contribution in [0.3, 0.4) is 0 Å². The summed E-state index contributed by atoms with van der Waals surface area (Å²) >= 11 is 9.32. The van der Waals surface area contributed by atoms with Crippen molar-refractivity contribution in [2.24, 2.45) is 0 Å². The molecule has 2 aromatic rings. The van der Waals surface area contributed by atoms with E-state index in [0.717, 1.165) is 27.3 Å². The minimum atomic E-state index is 0.374. The molecule has 0 aliphatic heterocycles. The molecular weight excluding hydrogens is 356 g/mol. The fourth-order valence-corrected chi connectivity index (χ4v) is 2.38. The van der Waals surface area contributed by atoms with E-state index in [1.54, 1.807) is 7.11 Å². The second-order valence-electron chi connectivity index (χ2n) is 4.26. The van der Waals surface area contributed by atoms with Crippen LogP contribution in [0.4, 0.5) is 0 Å². The highest BCUT2D eigenvalue weighted by molar-refractivity contribution is 9.10. The van der Waals surface area contributed by atoms with Crippen LogP contribution in [0.1, 0.15) is 5.56 Å². The number of hydrogen-bond donors (Lipinski definition) is 0. The van der Waals surface area contributed by atoms with E-state index in [-0.39, 0.29) is 0 Å². The summed E-state index contributed by atoms with van der Waals surface area (Å²) in [6.45, 7) is 0.910. The Labute approximate surface area is 137 Å². The third-order valence-corrected chi connectivity index (χ3v) is 3.60. The molecule has 3 nitrogen and oxygen atoms in total. The molecule has 0 atom stereocenters. The summed E-state index contributed by atoms with van der Waals surface area (Å²) in [6.07, 6.45) is 0. The van der Waals surface area contributed by atoms with Crippen LogP contribution >= 0.6 is 27.5 Å². The topological polar surface area (TPSA) is 27.7 Å². The van der Waals surface area contributed by atoms with Crippen molar-refractivity contribution in [1.29, 1.82) is 0 Å². The van der Waals surface area contributed by atoms with Crippen molar-refractivity contribution < 1.29 is 14.2 Å². The second kappa shape index (κ2) is 8.15. The lowest BCUT2D eigenvalue weighted by atomic mass is 10.2. The molecule has 0 fully saturated rings. The van der Waals surface area contributed by atoms with Crippen molar-refractivity contribution >= 4 is 27.5 Å². The molecule has 0 radical (unpaired) electrons. The van der Waals surface area contributed by atoms with Gasteiger partial charge in [0.05, 0.1) is 13.0 Å². The lowest BCUT2D eigenvalue weighted by Gasteiger charge is -2.12. The van der Waals surface area contributed by atoms with E-state index in [1.165, 1.54) is 0 Å². The molecule has 0 amide bonds. The number of hydrogen-bond acceptors (Lipinski definition) is 3. The molecule has 0 aromatic heterocycles. The largest absolute Gasteiger partial charge is 0.497 e. The first kappa shape index (κ1) is 16.0. The van der Waals surface area contributed by atoms with Crippen molar-refractivity contribution in [2.75, 3.05) is 20.3 Å². The predicted octanol–water partition coefficient (Wildman–Crippen LogP) is 4.65. The maximum absolute atomic E-state index is 5.92. The monoisotopic (exact) mass is 370 g/mol. The average molecular weight is 372 g/mol. The lowest BCUT2D eigenvalue weighted by Crippen LogP contribution is -2.09. The summed E-state index contributed by atoms with van der Waals surface area (Å²) in [7, 11) is 1.62. The normalized spacial score (nSPS) is 10.2. The van der Waals surface area contributed by atoms with Crippen LogP contribution in [0.25, 0.3) is 0 Å². The predicted molar refractivity (Wildman–Crippen MR) is 87.7 cm³/mol. The van der Waals surface area contributed by atoms with Crippen LogP contribution in [-0.4, -0.2) is 20.3 Å². The SMILES string of the molecule is COc1ccc(OCCOc2cccc(Br)c2)c(CCl)c1. The fourth-order valence-electron chi connectivity index (χ4n) is 1.80. The number of halogens is 2. The van der Waals surface area contributed by atoms with Crippen LogP contribution < -0.4 is 14.2 Å². The molecule has 0 spiro atoms. The van der Waals surface area contributed by atoms with E-state index in [2.05, 4.69) is 15.9 Å². The molecule has 0 N–H and O–H groups in total. The van der Waals surface area contributed by atoms with Crippen LogP contribution in [-0.2, 0) is 5.88 Å². The van der Waals surface area contributed by atoms with Gasteiger partial charge in [-0.2, -0.15) is 0 Å². The van der Waals surface area contributed by atoms with Crippen molar-refractivity contribution in [3.63, 3.8) is 0 Å². The van der Waals surface area contributed by atoms with Gasteiger partial charge in [0.15, 0.2) is 0 Å². The molecule has 0 aliphatic rings. The van der Waals surface area contributed by atoms with E-state index in [0.29, 0.717) is 19.1 Å². The van der Waals surface area contributed by atoms with E-state index in [4.69, 9.17) is 25.8 Å². The zero-order chi connectivity index (χ0) is 15.1. The summed E-state index contributed by atoms with van der Waals surface area (Å²) in [5, 5.41) is 0. The highest BCUT2D eigenvalue weighted by Gasteiger charge is 2.05. The molecule has 2 aromatic carbocycles. The van der Waals surface area contributed by atoms with Gasteiger partial charge >= 0.3 is 0 Å². The van der Waals surface area contributed by atoms with E-state index in [1.807, 2.05) is 42.5 Å². The molecule has 5 heteroatoms. The summed E-state index contributed by atoms with van der Waals surface area (Å²) < 4.78 is 17.5. The maximum Gasteiger partial charge on any atom is 0.124 e. The summed E-state index contributed by atoms with van der Waals surface area (Å²) in [5.74, 6) is 2.70. The first-order valence-electron chi connectivity index (χ1n) is 6.47. The Bertz CT molecular complexity index is 589. The highest BCUT2D eigenvalue weighted by Crippen LogP contribution is 2.25. The van der Waals surface area contributed by atoms with Gasteiger partial charge in [-0.1, -0.05) is 22.0 Å². The molecule has 0 heterocycles. The molecule has 0 saturated carbocycles. The number of rotatable bonds is 7. The molecule has 0 saturated heterocycles. The Hall–Kier alpha value is -1.39. The van der Waals surface area contributed by atoms with E-state index < -0.39 is 0 Å². The first-order valence-corrected chi connectivity index (χ1v) is 7.79. The summed E-state index contributed by atoms with van der Waals surface area (Å²) in [5.41, 5.74) is 0.901. The summed E-state index contributed by atoms with van der Waals surface area (Å²) in [6, 6.07) is 13.3. The summed E-state index contributed by atoms with van der Waals surface area (Å²) in [4.78, 5) is 0. The minimum Gasteiger partial charge on any atom is -0.497 e. The third kappa shape index (κ3) is 4.83. The van der Waals surface area contributed by atoms with E-state index in [9.17, 15) is 0 Å². The molecule has 112 valence electrons. The smallest absolute Gasteiger partial charge is 0.124 e. The standard InChI is InChI=1S/C16H16BrClO3/c1-19-14-5-6-16(12(9-14)11-18)21-8-7-20-15-4-2-3-13(17)10-15/h2-6,9-10H,7-8,11H2,1H3. The van der Waals surface area contributed by atoms with Gasteiger partial charge in [-0.3, -0.25) is 0 Å². The van der Waals surface area contributed by atoms with Gasteiger partial charge in [0.2, 0.25) is 0 Å². The van der Waals surface area contributed by atoms with Gasteiger partial charge in [0, 0.05) is 10.0 Å². The Balaban J connectivity index is 1.86. The molecule has 21 heavy (non-hydrogen) atoms. The number of alkyl halides is 1. The Kier molecular flexibility index (Phi) is 6.21. The molecule has 0 aliphatic carbocycles. The third-order valence-electron chi connectivity index (χ3n) is 2.82. The zero-order valence-electron chi connectivity index (χ0n) is 11.6. The Morgan fingerprint density at radius 2 is 1.81 bits per heavy atom. The van der Waals surface area contributed by atoms with Gasteiger partial charge in [0.1, 0.15) is 30.5 Å². The highest BCUT2D eigenvalue weighted by atomic mass is 79.9. The molecular formula is C16H16BrClO3. The van der Waals surface area contributed by atoms with Crippen molar-refractivity contribution in [1.82, 2.24) is 0 Å².